The molecule has 0 spiro atoms. The van der Waals surface area contributed by atoms with Crippen LogP contribution in [0, 0.1) is 13.8 Å². The predicted molar refractivity (Wildman–Crippen MR) is 121 cm³/mol. The average Bonchev–Trinajstić information content (AvgIpc) is 3.06. The van der Waals surface area contributed by atoms with Crippen LogP contribution in [0.4, 0.5) is 0 Å². The molecule has 0 unspecified atom stereocenters. The molecule has 2 aliphatic rings. The van der Waals surface area contributed by atoms with Crippen molar-refractivity contribution in [1.29, 1.82) is 0 Å². The topological polar surface area (TPSA) is 38.8 Å². The highest BCUT2D eigenvalue weighted by Crippen LogP contribution is 2.43. The number of rotatable bonds is 3. The first-order valence-electron chi connectivity index (χ1n) is 10.2. The zero-order valence-electron chi connectivity index (χ0n) is 17.4. The van der Waals surface area contributed by atoms with Crippen LogP contribution < -0.4 is 9.47 Å². The highest BCUT2D eigenvalue weighted by molar-refractivity contribution is 6.30. The fourth-order valence-corrected chi connectivity index (χ4v) is 4.28. The number of Topliss-reactive ketones (excluding diaryl/α,β-unsaturated/α-hetero) is 1. The van der Waals surface area contributed by atoms with E-state index in [1.807, 2.05) is 74.5 Å². The van der Waals surface area contributed by atoms with Gasteiger partial charge in [-0.15, -0.1) is 0 Å². The molecule has 5 heteroatoms. The highest BCUT2D eigenvalue weighted by atomic mass is 35.5. The number of ketones is 1. The van der Waals surface area contributed by atoms with E-state index < -0.39 is 0 Å². The van der Waals surface area contributed by atoms with Crippen LogP contribution in [0.2, 0.25) is 5.02 Å². The zero-order valence-corrected chi connectivity index (χ0v) is 18.2. The highest BCUT2D eigenvalue weighted by Gasteiger charge is 2.33. The van der Waals surface area contributed by atoms with Gasteiger partial charge in [-0.25, -0.2) is 0 Å². The molecule has 0 radical (unpaired) electrons. The number of carbonyl (C=O) groups excluding carboxylic acids is 1. The lowest BCUT2D eigenvalue weighted by molar-refractivity contribution is 0.0876. The van der Waals surface area contributed by atoms with Crippen molar-refractivity contribution in [1.82, 2.24) is 4.90 Å². The maximum absolute atomic E-state index is 13.1. The number of nitrogens with zero attached hydrogens (tertiary/aromatic N) is 1. The number of fused-ring (bicyclic) bond motifs is 2. The summed E-state index contributed by atoms with van der Waals surface area (Å²) in [5.41, 5.74) is 5.73. The Bertz CT molecular complexity index is 1210. The lowest BCUT2D eigenvalue weighted by Crippen LogP contribution is -2.32. The van der Waals surface area contributed by atoms with Gasteiger partial charge in [0.05, 0.1) is 5.56 Å². The van der Waals surface area contributed by atoms with E-state index in [-0.39, 0.29) is 5.78 Å². The van der Waals surface area contributed by atoms with Crippen molar-refractivity contribution in [3.63, 3.8) is 0 Å². The van der Waals surface area contributed by atoms with Gasteiger partial charge in [-0.05, 0) is 49.2 Å². The summed E-state index contributed by atoms with van der Waals surface area (Å²) in [6, 6.07) is 17.7. The Kier molecular flexibility index (Phi) is 5.05. The Hall–Kier alpha value is -3.08. The smallest absolute Gasteiger partial charge is 0.231 e. The van der Waals surface area contributed by atoms with E-state index in [9.17, 15) is 4.79 Å². The largest absolute Gasteiger partial charge is 0.477 e. The van der Waals surface area contributed by atoms with Crippen LogP contribution in [-0.4, -0.2) is 17.4 Å². The van der Waals surface area contributed by atoms with Gasteiger partial charge in [-0.2, -0.15) is 0 Å². The Morgan fingerprint density at radius 2 is 1.87 bits per heavy atom. The lowest BCUT2D eigenvalue weighted by atomic mass is 9.99. The number of allylic oxidation sites excluding steroid dienone is 1. The van der Waals surface area contributed by atoms with Crippen molar-refractivity contribution in [2.75, 3.05) is 6.73 Å². The Balaban J connectivity index is 1.42. The van der Waals surface area contributed by atoms with Gasteiger partial charge in [-0.1, -0.05) is 53.6 Å². The molecule has 0 fully saturated rings. The van der Waals surface area contributed by atoms with Gasteiger partial charge in [0.1, 0.15) is 18.2 Å². The molecule has 2 heterocycles. The maximum atomic E-state index is 13.1. The number of aryl methyl sites for hydroxylation is 1. The number of halogens is 1. The summed E-state index contributed by atoms with van der Waals surface area (Å²) in [5.74, 6) is 1.69. The molecule has 2 aliphatic heterocycles. The van der Waals surface area contributed by atoms with E-state index in [4.69, 9.17) is 21.1 Å². The normalized spacial score (nSPS) is 16.6. The number of carbonyl (C=O) groups is 1. The standard InChI is InChI=1S/C26H22ClNO3/c1-16-4-3-5-19(10-16)11-23-24(29)22-12-20-14-28(13-18-6-8-21(27)9-7-18)15-30-25(20)17(2)26(22)31-23/h3-12H,13-15H2,1-2H3/b23-11-. The predicted octanol–water partition coefficient (Wildman–Crippen LogP) is 5.93. The number of hydrogen-bond acceptors (Lipinski definition) is 4. The molecule has 3 aromatic rings. The molecule has 0 atom stereocenters. The van der Waals surface area contributed by atoms with Crippen molar-refractivity contribution >= 4 is 23.5 Å². The van der Waals surface area contributed by atoms with E-state index in [0.717, 1.165) is 45.1 Å². The van der Waals surface area contributed by atoms with Crippen LogP contribution in [0.1, 0.15) is 38.2 Å². The van der Waals surface area contributed by atoms with Crippen molar-refractivity contribution in [3.05, 3.63) is 98.8 Å². The van der Waals surface area contributed by atoms with Crippen LogP contribution in [0.25, 0.3) is 6.08 Å². The average molecular weight is 432 g/mol. The molecule has 5 rings (SSSR count). The van der Waals surface area contributed by atoms with Crippen LogP contribution >= 0.6 is 11.6 Å². The zero-order chi connectivity index (χ0) is 21.5. The third-order valence-electron chi connectivity index (χ3n) is 5.66. The fraction of sp³-hybridized carbons (Fsp3) is 0.192. The fourth-order valence-electron chi connectivity index (χ4n) is 4.16. The molecule has 4 nitrogen and oxygen atoms in total. The summed E-state index contributed by atoms with van der Waals surface area (Å²) in [5, 5.41) is 0.725. The van der Waals surface area contributed by atoms with Gasteiger partial charge in [0.2, 0.25) is 5.78 Å². The third kappa shape index (κ3) is 3.85. The van der Waals surface area contributed by atoms with E-state index in [0.29, 0.717) is 30.3 Å². The summed E-state index contributed by atoms with van der Waals surface area (Å²) in [6.07, 6.45) is 1.81. The van der Waals surface area contributed by atoms with E-state index in [2.05, 4.69) is 4.90 Å². The van der Waals surface area contributed by atoms with E-state index in [1.165, 1.54) is 0 Å². The first kappa shape index (κ1) is 19.9. The van der Waals surface area contributed by atoms with Gasteiger partial charge < -0.3 is 9.47 Å². The molecule has 156 valence electrons. The molecule has 31 heavy (non-hydrogen) atoms. The molecule has 0 N–H and O–H groups in total. The second kappa shape index (κ2) is 7.88. The van der Waals surface area contributed by atoms with Gasteiger partial charge in [0.15, 0.2) is 5.76 Å². The second-order valence-corrected chi connectivity index (χ2v) is 8.54. The molecule has 0 aromatic heterocycles. The molecule has 0 amide bonds. The monoisotopic (exact) mass is 431 g/mol. The third-order valence-corrected chi connectivity index (χ3v) is 5.91. The molecular formula is C26H22ClNO3. The second-order valence-electron chi connectivity index (χ2n) is 8.11. The van der Waals surface area contributed by atoms with Crippen LogP contribution in [0.5, 0.6) is 11.5 Å². The van der Waals surface area contributed by atoms with Crippen LogP contribution in [0.15, 0.2) is 60.4 Å². The minimum atomic E-state index is -0.0859. The van der Waals surface area contributed by atoms with Gasteiger partial charge in [0, 0.05) is 29.2 Å². The number of ether oxygens (including phenoxy) is 2. The molecule has 0 aliphatic carbocycles. The lowest BCUT2D eigenvalue weighted by Gasteiger charge is -2.30. The Morgan fingerprint density at radius 1 is 1.06 bits per heavy atom. The van der Waals surface area contributed by atoms with Crippen molar-refractivity contribution < 1.29 is 14.3 Å². The van der Waals surface area contributed by atoms with Gasteiger partial charge in [-0.3, -0.25) is 9.69 Å². The summed E-state index contributed by atoms with van der Waals surface area (Å²) < 4.78 is 12.1. The molecular weight excluding hydrogens is 410 g/mol. The first-order chi connectivity index (χ1) is 15.0. The van der Waals surface area contributed by atoms with Gasteiger partial charge >= 0.3 is 0 Å². The summed E-state index contributed by atoms with van der Waals surface area (Å²) >= 11 is 5.99. The maximum Gasteiger partial charge on any atom is 0.231 e. The minimum absolute atomic E-state index is 0.0859. The molecule has 3 aromatic carbocycles. The van der Waals surface area contributed by atoms with E-state index >= 15 is 0 Å². The first-order valence-corrected chi connectivity index (χ1v) is 10.6. The molecule has 0 saturated carbocycles. The quantitative estimate of drug-likeness (QED) is 0.482. The number of hydrogen-bond donors (Lipinski definition) is 0. The summed E-state index contributed by atoms with van der Waals surface area (Å²) in [7, 11) is 0. The van der Waals surface area contributed by atoms with Crippen LogP contribution in [-0.2, 0) is 13.1 Å². The minimum Gasteiger partial charge on any atom is -0.477 e. The molecule has 0 saturated heterocycles. The Labute approximate surface area is 186 Å². The summed E-state index contributed by atoms with van der Waals surface area (Å²) in [4.78, 5) is 15.3. The number of benzene rings is 3. The van der Waals surface area contributed by atoms with Crippen LogP contribution in [0.3, 0.4) is 0 Å². The summed E-state index contributed by atoms with van der Waals surface area (Å²) in [6.45, 7) is 5.91. The van der Waals surface area contributed by atoms with Crippen molar-refractivity contribution in [3.8, 4) is 11.5 Å². The van der Waals surface area contributed by atoms with Crippen molar-refractivity contribution in [2.24, 2.45) is 0 Å². The SMILES string of the molecule is Cc1cccc(/C=C2\Oc3c(cc4c(c3C)OCN(Cc3ccc(Cl)cc3)C4)C2=O)c1. The molecule has 0 bridgehead atoms. The Morgan fingerprint density at radius 3 is 2.65 bits per heavy atom. The van der Waals surface area contributed by atoms with Gasteiger partial charge in [0.25, 0.3) is 0 Å². The van der Waals surface area contributed by atoms with E-state index in [1.54, 1.807) is 0 Å². The van der Waals surface area contributed by atoms with Crippen molar-refractivity contribution in [2.45, 2.75) is 26.9 Å².